The van der Waals surface area contributed by atoms with Gasteiger partial charge in [-0.3, -0.25) is 4.68 Å². The monoisotopic (exact) mass is 242 g/mol. The summed E-state index contributed by atoms with van der Waals surface area (Å²) in [6.07, 6.45) is 2.75. The standard InChI is InChI=1S/C14H16N2.C2H6/c1-11-9-14(13-5-3-2-4-6-13)15-16(11)10-12-7-8-12;1-2/h2-6,9,12H,7-8,10H2,1H3;1-2H3. The maximum Gasteiger partial charge on any atom is 0.0925 e. The van der Waals surface area contributed by atoms with Crippen molar-refractivity contribution in [1.29, 1.82) is 0 Å². The van der Waals surface area contributed by atoms with E-state index in [0.717, 1.165) is 18.2 Å². The van der Waals surface area contributed by atoms with Gasteiger partial charge in [0.1, 0.15) is 0 Å². The number of rotatable bonds is 3. The summed E-state index contributed by atoms with van der Waals surface area (Å²) in [5.41, 5.74) is 3.57. The lowest BCUT2D eigenvalue weighted by Gasteiger charge is -2.01. The van der Waals surface area contributed by atoms with Gasteiger partial charge in [-0.15, -0.1) is 0 Å². The van der Waals surface area contributed by atoms with Crippen LogP contribution in [0.3, 0.4) is 0 Å². The van der Waals surface area contributed by atoms with Gasteiger partial charge < -0.3 is 0 Å². The van der Waals surface area contributed by atoms with Crippen LogP contribution in [-0.2, 0) is 6.54 Å². The minimum Gasteiger partial charge on any atom is -0.269 e. The van der Waals surface area contributed by atoms with E-state index in [9.17, 15) is 0 Å². The fourth-order valence-electron chi connectivity index (χ4n) is 1.99. The lowest BCUT2D eigenvalue weighted by molar-refractivity contribution is 0.551. The van der Waals surface area contributed by atoms with Crippen LogP contribution in [-0.4, -0.2) is 9.78 Å². The fraction of sp³-hybridized carbons (Fsp3) is 0.438. The zero-order valence-electron chi connectivity index (χ0n) is 11.6. The van der Waals surface area contributed by atoms with Crippen molar-refractivity contribution in [2.45, 2.75) is 40.2 Å². The Labute approximate surface area is 110 Å². The molecule has 1 aliphatic carbocycles. The molecule has 96 valence electrons. The third-order valence-corrected chi connectivity index (χ3v) is 3.18. The largest absolute Gasteiger partial charge is 0.269 e. The number of hydrogen-bond donors (Lipinski definition) is 0. The predicted octanol–water partition coefficient (Wildman–Crippen LogP) is 4.29. The Hall–Kier alpha value is -1.57. The van der Waals surface area contributed by atoms with Crippen LogP contribution in [0.4, 0.5) is 0 Å². The smallest absolute Gasteiger partial charge is 0.0925 e. The van der Waals surface area contributed by atoms with Crippen molar-refractivity contribution in [2.24, 2.45) is 5.92 Å². The van der Waals surface area contributed by atoms with E-state index in [4.69, 9.17) is 0 Å². The topological polar surface area (TPSA) is 17.8 Å². The first-order valence-corrected chi connectivity index (χ1v) is 6.93. The first kappa shape index (κ1) is 12.9. The number of aromatic nitrogens is 2. The van der Waals surface area contributed by atoms with E-state index in [1.165, 1.54) is 24.1 Å². The Kier molecular flexibility index (Phi) is 4.19. The Morgan fingerprint density at radius 1 is 1.17 bits per heavy atom. The van der Waals surface area contributed by atoms with Gasteiger partial charge in [-0.2, -0.15) is 5.10 Å². The maximum atomic E-state index is 4.68. The van der Waals surface area contributed by atoms with E-state index in [1.807, 2.05) is 19.9 Å². The minimum atomic E-state index is 0.877. The molecule has 0 saturated heterocycles. The van der Waals surface area contributed by atoms with E-state index in [2.05, 4.69) is 47.0 Å². The molecule has 1 fully saturated rings. The van der Waals surface area contributed by atoms with Crippen LogP contribution in [0.15, 0.2) is 36.4 Å². The summed E-state index contributed by atoms with van der Waals surface area (Å²) in [6, 6.07) is 12.6. The van der Waals surface area contributed by atoms with E-state index in [1.54, 1.807) is 0 Å². The maximum absolute atomic E-state index is 4.68. The first-order chi connectivity index (χ1) is 8.83. The lowest BCUT2D eigenvalue weighted by Crippen LogP contribution is -2.03. The van der Waals surface area contributed by atoms with Crippen LogP contribution in [0.1, 0.15) is 32.4 Å². The molecule has 2 nitrogen and oxygen atoms in total. The quantitative estimate of drug-likeness (QED) is 0.785. The SMILES string of the molecule is CC.Cc1cc(-c2ccccc2)nn1CC1CC1. The average Bonchev–Trinajstić information content (AvgIpc) is 3.17. The summed E-state index contributed by atoms with van der Waals surface area (Å²) in [5, 5.41) is 4.68. The van der Waals surface area contributed by atoms with Crippen LogP contribution >= 0.6 is 0 Å². The summed E-state index contributed by atoms with van der Waals surface area (Å²) in [7, 11) is 0. The molecule has 1 saturated carbocycles. The van der Waals surface area contributed by atoms with Crippen LogP contribution in [0.5, 0.6) is 0 Å². The van der Waals surface area contributed by atoms with Crippen molar-refractivity contribution in [3.63, 3.8) is 0 Å². The van der Waals surface area contributed by atoms with Crippen LogP contribution in [0.2, 0.25) is 0 Å². The second kappa shape index (κ2) is 5.85. The van der Waals surface area contributed by atoms with Gasteiger partial charge in [-0.1, -0.05) is 44.2 Å². The lowest BCUT2D eigenvalue weighted by atomic mass is 10.1. The van der Waals surface area contributed by atoms with Crippen LogP contribution in [0.25, 0.3) is 11.3 Å². The zero-order chi connectivity index (χ0) is 13.0. The van der Waals surface area contributed by atoms with Gasteiger partial charge in [0.2, 0.25) is 0 Å². The van der Waals surface area contributed by atoms with Gasteiger partial charge in [0.15, 0.2) is 0 Å². The third-order valence-electron chi connectivity index (χ3n) is 3.18. The minimum absolute atomic E-state index is 0.877. The molecule has 1 heterocycles. The molecule has 0 radical (unpaired) electrons. The average molecular weight is 242 g/mol. The molecule has 3 rings (SSSR count). The predicted molar refractivity (Wildman–Crippen MR) is 76.5 cm³/mol. The van der Waals surface area contributed by atoms with Gasteiger partial charge in [0.25, 0.3) is 0 Å². The van der Waals surface area contributed by atoms with E-state index >= 15 is 0 Å². The first-order valence-electron chi connectivity index (χ1n) is 6.93. The van der Waals surface area contributed by atoms with E-state index in [0.29, 0.717) is 0 Å². The molecule has 0 unspecified atom stereocenters. The van der Waals surface area contributed by atoms with Crippen molar-refractivity contribution < 1.29 is 0 Å². The Balaban J connectivity index is 0.000000574. The van der Waals surface area contributed by atoms with E-state index in [-0.39, 0.29) is 0 Å². The van der Waals surface area contributed by atoms with E-state index < -0.39 is 0 Å². The second-order valence-electron chi connectivity index (χ2n) is 4.66. The molecule has 0 N–H and O–H groups in total. The molecular weight excluding hydrogens is 220 g/mol. The van der Waals surface area contributed by atoms with Crippen molar-refractivity contribution in [3.8, 4) is 11.3 Å². The van der Waals surface area contributed by atoms with Gasteiger partial charge in [0.05, 0.1) is 5.69 Å². The van der Waals surface area contributed by atoms with Crippen molar-refractivity contribution in [2.75, 3.05) is 0 Å². The second-order valence-corrected chi connectivity index (χ2v) is 4.66. The summed E-state index contributed by atoms with van der Waals surface area (Å²) in [4.78, 5) is 0. The number of hydrogen-bond acceptors (Lipinski definition) is 1. The highest BCUT2D eigenvalue weighted by molar-refractivity contribution is 5.58. The Bertz CT molecular complexity index is 481. The summed E-state index contributed by atoms with van der Waals surface area (Å²) >= 11 is 0. The Morgan fingerprint density at radius 3 is 2.44 bits per heavy atom. The van der Waals surface area contributed by atoms with Crippen molar-refractivity contribution in [1.82, 2.24) is 9.78 Å². The highest BCUT2D eigenvalue weighted by Crippen LogP contribution is 2.31. The van der Waals surface area contributed by atoms with Gasteiger partial charge in [-0.05, 0) is 31.7 Å². The molecule has 1 aliphatic rings. The molecular formula is C16H22N2. The molecule has 1 aromatic carbocycles. The van der Waals surface area contributed by atoms with Gasteiger partial charge in [-0.25, -0.2) is 0 Å². The van der Waals surface area contributed by atoms with Crippen LogP contribution < -0.4 is 0 Å². The van der Waals surface area contributed by atoms with Crippen LogP contribution in [0, 0.1) is 12.8 Å². The molecule has 0 amide bonds. The zero-order valence-corrected chi connectivity index (χ0v) is 11.6. The van der Waals surface area contributed by atoms with Crippen molar-refractivity contribution in [3.05, 3.63) is 42.1 Å². The molecule has 2 aromatic rings. The molecule has 18 heavy (non-hydrogen) atoms. The number of benzene rings is 1. The molecule has 0 spiro atoms. The van der Waals surface area contributed by atoms with Gasteiger partial charge >= 0.3 is 0 Å². The Morgan fingerprint density at radius 2 is 1.83 bits per heavy atom. The summed E-state index contributed by atoms with van der Waals surface area (Å²) < 4.78 is 2.15. The number of aryl methyl sites for hydroxylation is 1. The van der Waals surface area contributed by atoms with Crippen molar-refractivity contribution >= 4 is 0 Å². The highest BCUT2D eigenvalue weighted by Gasteiger charge is 2.22. The molecule has 2 heteroatoms. The molecule has 1 aromatic heterocycles. The molecule has 0 aliphatic heterocycles. The molecule has 0 atom stereocenters. The normalized spacial score (nSPS) is 13.9. The summed E-state index contributed by atoms with van der Waals surface area (Å²) in [5.74, 6) is 0.877. The highest BCUT2D eigenvalue weighted by atomic mass is 15.3. The summed E-state index contributed by atoms with van der Waals surface area (Å²) in [6.45, 7) is 7.24. The van der Waals surface area contributed by atoms with Gasteiger partial charge in [0, 0.05) is 17.8 Å². The fourth-order valence-corrected chi connectivity index (χ4v) is 1.99. The number of nitrogens with zero attached hydrogens (tertiary/aromatic N) is 2. The molecule has 0 bridgehead atoms. The third kappa shape index (κ3) is 3.00.